The SMILES string of the molecule is CCC(C(=O)Nc1cc(-c2ccccc2)[nH]n1)N(C(C)=O)c1ccccn1. The molecule has 27 heavy (non-hydrogen) atoms. The molecule has 7 nitrogen and oxygen atoms in total. The maximum atomic E-state index is 12.8. The van der Waals surface area contributed by atoms with Crippen molar-refractivity contribution < 1.29 is 9.59 Å². The van der Waals surface area contributed by atoms with Crippen LogP contribution in [0.1, 0.15) is 20.3 Å². The van der Waals surface area contributed by atoms with Crippen LogP contribution in [0.3, 0.4) is 0 Å². The van der Waals surface area contributed by atoms with Crippen molar-refractivity contribution in [2.24, 2.45) is 0 Å². The largest absolute Gasteiger partial charge is 0.307 e. The predicted molar refractivity (Wildman–Crippen MR) is 104 cm³/mol. The van der Waals surface area contributed by atoms with Gasteiger partial charge in [0.25, 0.3) is 0 Å². The highest BCUT2D eigenvalue weighted by molar-refractivity contribution is 6.03. The zero-order chi connectivity index (χ0) is 19.2. The van der Waals surface area contributed by atoms with E-state index in [-0.39, 0.29) is 11.8 Å². The smallest absolute Gasteiger partial charge is 0.248 e. The standard InChI is InChI=1S/C20H21N5O2/c1-3-17(25(14(2)26)19-11-7-8-12-21-19)20(27)22-18-13-16(23-24-18)15-9-5-4-6-10-15/h4-13,17H,3H2,1-2H3,(H2,22,23,24,27). The van der Waals surface area contributed by atoms with Gasteiger partial charge < -0.3 is 5.32 Å². The highest BCUT2D eigenvalue weighted by atomic mass is 16.2. The molecule has 3 aromatic rings. The van der Waals surface area contributed by atoms with Crippen molar-refractivity contribution in [1.82, 2.24) is 15.2 Å². The number of anilines is 2. The number of benzene rings is 1. The van der Waals surface area contributed by atoms with Crippen LogP contribution in [-0.4, -0.2) is 33.0 Å². The summed E-state index contributed by atoms with van der Waals surface area (Å²) in [6.45, 7) is 3.27. The Bertz CT molecular complexity index is 908. The number of amides is 2. The molecule has 7 heteroatoms. The zero-order valence-corrected chi connectivity index (χ0v) is 15.2. The lowest BCUT2D eigenvalue weighted by Gasteiger charge is -2.28. The van der Waals surface area contributed by atoms with Gasteiger partial charge in [-0.15, -0.1) is 0 Å². The van der Waals surface area contributed by atoms with Gasteiger partial charge in [0, 0.05) is 19.2 Å². The van der Waals surface area contributed by atoms with Crippen molar-refractivity contribution in [1.29, 1.82) is 0 Å². The Hall–Kier alpha value is -3.48. The molecule has 2 aromatic heterocycles. The van der Waals surface area contributed by atoms with Crippen molar-refractivity contribution in [3.63, 3.8) is 0 Å². The average Bonchev–Trinajstić information content (AvgIpc) is 3.15. The number of aromatic nitrogens is 3. The molecule has 1 aromatic carbocycles. The van der Waals surface area contributed by atoms with Crippen LogP contribution >= 0.6 is 0 Å². The van der Waals surface area contributed by atoms with E-state index >= 15 is 0 Å². The highest BCUT2D eigenvalue weighted by Crippen LogP contribution is 2.21. The summed E-state index contributed by atoms with van der Waals surface area (Å²) in [5, 5.41) is 9.85. The fourth-order valence-corrected chi connectivity index (χ4v) is 2.88. The molecule has 2 amide bonds. The number of hydrogen-bond acceptors (Lipinski definition) is 4. The molecule has 0 aliphatic carbocycles. The molecule has 0 saturated carbocycles. The second-order valence-corrected chi connectivity index (χ2v) is 6.02. The van der Waals surface area contributed by atoms with Gasteiger partial charge in [0.05, 0.1) is 5.69 Å². The van der Waals surface area contributed by atoms with Gasteiger partial charge in [-0.25, -0.2) is 4.98 Å². The minimum Gasteiger partial charge on any atom is -0.307 e. The minimum atomic E-state index is -0.686. The number of pyridine rings is 1. The Morgan fingerprint density at radius 3 is 2.52 bits per heavy atom. The van der Waals surface area contributed by atoms with E-state index in [2.05, 4.69) is 20.5 Å². The molecule has 138 valence electrons. The fraction of sp³-hybridized carbons (Fsp3) is 0.200. The normalized spacial score (nSPS) is 11.6. The van der Waals surface area contributed by atoms with Gasteiger partial charge in [0.15, 0.2) is 5.82 Å². The van der Waals surface area contributed by atoms with Crippen molar-refractivity contribution in [3.05, 3.63) is 60.8 Å². The molecular formula is C20H21N5O2. The first kappa shape index (κ1) is 18.3. The van der Waals surface area contributed by atoms with Crippen LogP contribution in [0.4, 0.5) is 11.6 Å². The maximum absolute atomic E-state index is 12.8. The summed E-state index contributed by atoms with van der Waals surface area (Å²) in [5.41, 5.74) is 1.77. The van der Waals surface area contributed by atoms with Gasteiger partial charge in [-0.05, 0) is 24.1 Å². The fourth-order valence-electron chi connectivity index (χ4n) is 2.88. The van der Waals surface area contributed by atoms with Crippen LogP contribution < -0.4 is 10.2 Å². The zero-order valence-electron chi connectivity index (χ0n) is 15.2. The number of carbonyl (C=O) groups is 2. The maximum Gasteiger partial charge on any atom is 0.248 e. The number of nitrogens with zero attached hydrogens (tertiary/aromatic N) is 3. The molecular weight excluding hydrogens is 342 g/mol. The predicted octanol–water partition coefficient (Wildman–Crippen LogP) is 3.24. The van der Waals surface area contributed by atoms with Gasteiger partial charge in [-0.3, -0.25) is 19.6 Å². The van der Waals surface area contributed by atoms with Crippen LogP contribution in [0, 0.1) is 0 Å². The third kappa shape index (κ3) is 4.20. The molecule has 0 saturated heterocycles. The van der Waals surface area contributed by atoms with Gasteiger partial charge in [-0.1, -0.05) is 43.3 Å². The van der Waals surface area contributed by atoms with E-state index in [1.165, 1.54) is 11.8 Å². The van der Waals surface area contributed by atoms with E-state index in [4.69, 9.17) is 0 Å². The summed E-state index contributed by atoms with van der Waals surface area (Å²) in [7, 11) is 0. The Morgan fingerprint density at radius 1 is 1.15 bits per heavy atom. The Morgan fingerprint density at radius 2 is 1.89 bits per heavy atom. The third-order valence-electron chi connectivity index (χ3n) is 4.15. The first-order chi connectivity index (χ1) is 13.1. The highest BCUT2D eigenvalue weighted by Gasteiger charge is 2.29. The first-order valence-electron chi connectivity index (χ1n) is 8.72. The van der Waals surface area contributed by atoms with E-state index in [0.29, 0.717) is 18.1 Å². The molecule has 0 radical (unpaired) electrons. The van der Waals surface area contributed by atoms with Crippen LogP contribution in [0.15, 0.2) is 60.8 Å². The number of aromatic amines is 1. The second kappa shape index (κ2) is 8.27. The topological polar surface area (TPSA) is 91.0 Å². The summed E-state index contributed by atoms with van der Waals surface area (Å²) >= 11 is 0. The molecule has 2 N–H and O–H groups in total. The molecule has 1 atom stereocenters. The van der Waals surface area contributed by atoms with Crippen LogP contribution in [-0.2, 0) is 9.59 Å². The van der Waals surface area contributed by atoms with Crippen LogP contribution in [0.25, 0.3) is 11.3 Å². The molecule has 0 aliphatic heterocycles. The summed E-state index contributed by atoms with van der Waals surface area (Å²) in [5.74, 6) is 0.285. The summed E-state index contributed by atoms with van der Waals surface area (Å²) < 4.78 is 0. The monoisotopic (exact) mass is 363 g/mol. The molecule has 0 bridgehead atoms. The lowest BCUT2D eigenvalue weighted by Crippen LogP contribution is -2.47. The summed E-state index contributed by atoms with van der Waals surface area (Å²) in [4.78, 5) is 30.6. The molecule has 0 aliphatic rings. The average molecular weight is 363 g/mol. The lowest BCUT2D eigenvalue weighted by atomic mass is 10.1. The quantitative estimate of drug-likeness (QED) is 0.703. The Labute approximate surface area is 157 Å². The Balaban J connectivity index is 1.79. The van der Waals surface area contributed by atoms with Crippen molar-refractivity contribution in [3.8, 4) is 11.3 Å². The molecule has 0 fully saturated rings. The second-order valence-electron chi connectivity index (χ2n) is 6.02. The van der Waals surface area contributed by atoms with Crippen molar-refractivity contribution in [2.45, 2.75) is 26.3 Å². The summed E-state index contributed by atoms with van der Waals surface area (Å²) in [6, 6.07) is 16.0. The van der Waals surface area contributed by atoms with E-state index in [1.807, 2.05) is 37.3 Å². The van der Waals surface area contributed by atoms with E-state index < -0.39 is 6.04 Å². The number of hydrogen-bond donors (Lipinski definition) is 2. The van der Waals surface area contributed by atoms with Gasteiger partial charge in [-0.2, -0.15) is 5.10 Å². The summed E-state index contributed by atoms with van der Waals surface area (Å²) in [6.07, 6.45) is 2.04. The lowest BCUT2D eigenvalue weighted by molar-refractivity contribution is -0.122. The van der Waals surface area contributed by atoms with Crippen LogP contribution in [0.5, 0.6) is 0 Å². The minimum absolute atomic E-state index is 0.247. The number of rotatable bonds is 6. The van der Waals surface area contributed by atoms with Gasteiger partial charge in [0.2, 0.25) is 11.8 Å². The number of H-pyrrole nitrogens is 1. The molecule has 0 spiro atoms. The number of carbonyl (C=O) groups excluding carboxylic acids is 2. The first-order valence-corrected chi connectivity index (χ1v) is 8.72. The Kier molecular flexibility index (Phi) is 5.61. The molecule has 1 unspecified atom stereocenters. The van der Waals surface area contributed by atoms with E-state index in [1.54, 1.807) is 30.5 Å². The van der Waals surface area contributed by atoms with E-state index in [9.17, 15) is 9.59 Å². The molecule has 2 heterocycles. The van der Waals surface area contributed by atoms with E-state index in [0.717, 1.165) is 11.3 Å². The van der Waals surface area contributed by atoms with Crippen molar-refractivity contribution in [2.75, 3.05) is 10.2 Å². The van der Waals surface area contributed by atoms with Crippen molar-refractivity contribution >= 4 is 23.5 Å². The van der Waals surface area contributed by atoms with Gasteiger partial charge in [0.1, 0.15) is 11.9 Å². The molecule has 3 rings (SSSR count). The van der Waals surface area contributed by atoms with Gasteiger partial charge >= 0.3 is 0 Å². The number of nitrogens with one attached hydrogen (secondary N) is 2. The van der Waals surface area contributed by atoms with Crippen LogP contribution in [0.2, 0.25) is 0 Å². The third-order valence-corrected chi connectivity index (χ3v) is 4.15.